The normalized spacial score (nSPS) is 18.0. The molecule has 1 unspecified atom stereocenters. The summed E-state index contributed by atoms with van der Waals surface area (Å²) in [4.78, 5) is 36.6. The number of nitrogens with zero attached hydrogens (tertiary/aromatic N) is 3. The number of likely N-dealkylation sites (tertiary alicyclic amines) is 1. The van der Waals surface area contributed by atoms with Crippen LogP contribution in [0.3, 0.4) is 0 Å². The molecule has 9 heteroatoms. The number of carbonyl (C=O) groups is 2. The number of nitrogens with one attached hydrogen (secondary N) is 1. The Bertz CT molecular complexity index is 1270. The summed E-state index contributed by atoms with van der Waals surface area (Å²) in [5.74, 6) is 0.319. The van der Waals surface area contributed by atoms with Crippen molar-refractivity contribution in [3.8, 4) is 0 Å². The van der Waals surface area contributed by atoms with Gasteiger partial charge in [0.2, 0.25) is 0 Å². The van der Waals surface area contributed by atoms with Crippen molar-refractivity contribution in [3.63, 3.8) is 0 Å². The van der Waals surface area contributed by atoms with Crippen molar-refractivity contribution < 1.29 is 14.7 Å². The third-order valence-corrected chi connectivity index (χ3v) is 8.57. The summed E-state index contributed by atoms with van der Waals surface area (Å²) in [7, 11) is 0. The molecule has 37 heavy (non-hydrogen) atoms. The van der Waals surface area contributed by atoms with E-state index in [0.717, 1.165) is 33.4 Å². The largest absolute Gasteiger partial charge is 0.465 e. The Morgan fingerprint density at radius 3 is 2.41 bits per heavy atom. The molecule has 7 nitrogen and oxygen atoms in total. The zero-order chi connectivity index (χ0) is 27.0. The predicted octanol–water partition coefficient (Wildman–Crippen LogP) is 7.23. The average Bonchev–Trinajstić information content (AvgIpc) is 3.22. The Hall–Kier alpha value is -2.55. The van der Waals surface area contributed by atoms with Crippen molar-refractivity contribution in [3.05, 3.63) is 58.6 Å². The zero-order valence-electron chi connectivity index (χ0n) is 22.0. The molecule has 1 aromatic heterocycles. The van der Waals surface area contributed by atoms with E-state index in [9.17, 15) is 14.7 Å². The summed E-state index contributed by atoms with van der Waals surface area (Å²) < 4.78 is 0. The van der Waals surface area contributed by atoms with E-state index >= 15 is 0 Å². The fourth-order valence-corrected chi connectivity index (χ4v) is 6.46. The van der Waals surface area contributed by atoms with Crippen molar-refractivity contribution in [1.82, 2.24) is 19.8 Å². The van der Waals surface area contributed by atoms with Gasteiger partial charge in [-0.3, -0.25) is 9.69 Å². The van der Waals surface area contributed by atoms with Crippen molar-refractivity contribution in [2.75, 3.05) is 12.3 Å². The first kappa shape index (κ1) is 27.5. The van der Waals surface area contributed by atoms with Gasteiger partial charge in [0.15, 0.2) is 5.16 Å². The van der Waals surface area contributed by atoms with E-state index in [1.165, 1.54) is 31.4 Å². The molecule has 1 aliphatic heterocycles. The van der Waals surface area contributed by atoms with Crippen molar-refractivity contribution >= 4 is 46.4 Å². The third kappa shape index (κ3) is 5.97. The molecule has 2 heterocycles. The highest BCUT2D eigenvalue weighted by atomic mass is 35.5. The van der Waals surface area contributed by atoms with Gasteiger partial charge in [-0.2, -0.15) is 0 Å². The maximum Gasteiger partial charge on any atom is 0.414 e. The molecule has 2 aromatic carbocycles. The minimum Gasteiger partial charge on any atom is -0.465 e. The number of imide groups is 1. The van der Waals surface area contributed by atoms with Gasteiger partial charge in [0.25, 0.3) is 5.91 Å². The van der Waals surface area contributed by atoms with E-state index in [1.54, 1.807) is 30.8 Å². The molecule has 0 spiro atoms. The molecule has 2 N–H and O–H groups in total. The predicted molar refractivity (Wildman–Crippen MR) is 150 cm³/mol. The van der Waals surface area contributed by atoms with E-state index in [1.807, 2.05) is 18.2 Å². The number of fused-ring (bicyclic) bond motifs is 1. The minimum atomic E-state index is -1.31. The number of carboxylic acid groups (broad SMARTS) is 1. The maximum atomic E-state index is 13.0. The molecule has 1 saturated heterocycles. The lowest BCUT2D eigenvalue weighted by molar-refractivity contribution is -0.0209. The second kappa shape index (κ2) is 10.7. The van der Waals surface area contributed by atoms with Crippen LogP contribution in [0.4, 0.5) is 4.79 Å². The number of imidazole rings is 1. The van der Waals surface area contributed by atoms with Gasteiger partial charge in [0.05, 0.1) is 17.1 Å². The number of benzene rings is 2. The van der Waals surface area contributed by atoms with Crippen LogP contribution in [0.1, 0.15) is 75.8 Å². The first-order valence-corrected chi connectivity index (χ1v) is 14.0. The Labute approximate surface area is 227 Å². The van der Waals surface area contributed by atoms with Gasteiger partial charge in [-0.25, -0.2) is 14.7 Å². The average molecular weight is 543 g/mol. The highest BCUT2D eigenvalue weighted by Crippen LogP contribution is 2.38. The molecule has 0 bridgehead atoms. The van der Waals surface area contributed by atoms with Crippen LogP contribution in [0.5, 0.6) is 0 Å². The van der Waals surface area contributed by atoms with Crippen molar-refractivity contribution in [1.29, 1.82) is 0 Å². The van der Waals surface area contributed by atoms with Crippen LogP contribution in [0.25, 0.3) is 11.0 Å². The van der Waals surface area contributed by atoms with E-state index in [2.05, 4.69) is 37.6 Å². The maximum absolute atomic E-state index is 13.0. The molecule has 0 radical (unpaired) electrons. The molecular weight excluding hydrogens is 508 g/mol. The number of halogens is 1. The number of rotatable bonds is 7. The quantitative estimate of drug-likeness (QED) is 0.306. The summed E-state index contributed by atoms with van der Waals surface area (Å²) in [6.45, 7) is 12.0. The van der Waals surface area contributed by atoms with Gasteiger partial charge < -0.3 is 10.1 Å². The molecule has 3 aromatic rings. The smallest absolute Gasteiger partial charge is 0.414 e. The minimum absolute atomic E-state index is 0.181. The third-order valence-electron chi connectivity index (χ3n) is 7.46. The van der Waals surface area contributed by atoms with Crippen LogP contribution >= 0.6 is 23.4 Å². The van der Waals surface area contributed by atoms with Gasteiger partial charge in [-0.05, 0) is 95.8 Å². The molecule has 198 valence electrons. The fraction of sp³-hybridized carbons (Fsp3) is 0.464. The van der Waals surface area contributed by atoms with Crippen molar-refractivity contribution in [2.45, 2.75) is 76.2 Å². The van der Waals surface area contributed by atoms with E-state index < -0.39 is 18.0 Å². The highest BCUT2D eigenvalue weighted by molar-refractivity contribution is 7.99. The molecule has 1 atom stereocenters. The summed E-state index contributed by atoms with van der Waals surface area (Å²) in [5, 5.41) is 11.2. The lowest BCUT2D eigenvalue weighted by Crippen LogP contribution is -2.59. The van der Waals surface area contributed by atoms with E-state index in [4.69, 9.17) is 16.6 Å². The number of hydrogen-bond donors (Lipinski definition) is 2. The van der Waals surface area contributed by atoms with Gasteiger partial charge in [-0.1, -0.05) is 29.4 Å². The first-order valence-electron chi connectivity index (χ1n) is 12.6. The number of piperidine rings is 1. The fourth-order valence-electron chi connectivity index (χ4n) is 5.52. The Morgan fingerprint density at radius 1 is 1.14 bits per heavy atom. The lowest BCUT2D eigenvalue weighted by atomic mass is 9.80. The monoisotopic (exact) mass is 542 g/mol. The molecule has 0 saturated carbocycles. The number of H-pyrrole nitrogens is 1. The van der Waals surface area contributed by atoms with Crippen LogP contribution in [-0.2, 0) is 0 Å². The van der Waals surface area contributed by atoms with Gasteiger partial charge in [0, 0.05) is 34.0 Å². The van der Waals surface area contributed by atoms with Gasteiger partial charge in [-0.15, -0.1) is 0 Å². The number of aromatic amines is 1. The van der Waals surface area contributed by atoms with Crippen molar-refractivity contribution in [2.24, 2.45) is 0 Å². The Kier molecular flexibility index (Phi) is 7.93. The van der Waals surface area contributed by atoms with E-state index in [-0.39, 0.29) is 16.6 Å². The molecule has 4 rings (SSSR count). The summed E-state index contributed by atoms with van der Waals surface area (Å²) >= 11 is 7.61. The second-order valence-corrected chi connectivity index (χ2v) is 12.5. The Balaban J connectivity index is 1.48. The second-order valence-electron chi connectivity index (χ2n) is 10.9. The van der Waals surface area contributed by atoms with Gasteiger partial charge in [0.1, 0.15) is 0 Å². The van der Waals surface area contributed by atoms with Crippen LogP contribution in [-0.4, -0.2) is 60.3 Å². The topological polar surface area (TPSA) is 89.5 Å². The highest BCUT2D eigenvalue weighted by Gasteiger charge is 2.40. The molecule has 1 fully saturated rings. The number of hydrogen-bond acceptors (Lipinski definition) is 5. The Morgan fingerprint density at radius 2 is 1.78 bits per heavy atom. The molecule has 2 amide bonds. The van der Waals surface area contributed by atoms with Gasteiger partial charge >= 0.3 is 6.09 Å². The SMILES string of the molecule is CC(c1ccc2nc(SCCN3C(C)(C)CCCC3(C)C)[nH]c2c1)N(C(=O)O)C(=O)c1ccc(Cl)cc1. The number of aromatic nitrogens is 2. The number of thioether (sulfide) groups is 1. The van der Waals surface area contributed by atoms with Crippen LogP contribution in [0.2, 0.25) is 5.02 Å². The van der Waals surface area contributed by atoms with E-state index in [0.29, 0.717) is 10.6 Å². The first-order chi connectivity index (χ1) is 17.4. The number of carbonyl (C=O) groups excluding carboxylic acids is 1. The van der Waals surface area contributed by atoms with Crippen LogP contribution in [0, 0.1) is 0 Å². The zero-order valence-corrected chi connectivity index (χ0v) is 23.6. The molecule has 0 aliphatic carbocycles. The lowest BCUT2D eigenvalue weighted by Gasteiger charge is -2.53. The molecular formula is C28H35ClN4O3S. The summed E-state index contributed by atoms with van der Waals surface area (Å²) in [5.41, 5.74) is 2.95. The number of amides is 2. The van der Waals surface area contributed by atoms with Crippen LogP contribution in [0.15, 0.2) is 47.6 Å². The summed E-state index contributed by atoms with van der Waals surface area (Å²) in [6.07, 6.45) is 2.37. The van der Waals surface area contributed by atoms with Crippen LogP contribution < -0.4 is 0 Å². The standard InChI is InChI=1S/C28H35ClN4O3S/c1-18(33(26(35)36)24(34)19-7-10-21(29)11-8-19)20-9-12-22-23(17-20)31-25(30-22)37-16-15-32-27(2,3)13-6-14-28(32,4)5/h7-12,17-18H,6,13-16H2,1-5H3,(H,30,31)(H,35,36). The summed E-state index contributed by atoms with van der Waals surface area (Å²) in [6, 6.07) is 11.1. The molecule has 1 aliphatic rings.